The Balaban J connectivity index is 2.08. The quantitative estimate of drug-likeness (QED) is 0.445. The molecule has 1 aromatic carbocycles. The predicted molar refractivity (Wildman–Crippen MR) is 98.8 cm³/mol. The second-order valence-corrected chi connectivity index (χ2v) is 7.09. The Bertz CT molecular complexity index is 512. The lowest BCUT2D eigenvalue weighted by Crippen LogP contribution is -2.37. The highest BCUT2D eigenvalue weighted by Crippen LogP contribution is 2.10. The van der Waals surface area contributed by atoms with Crippen LogP contribution in [0.25, 0.3) is 0 Å². The molecule has 0 spiro atoms. The smallest absolute Gasteiger partial charge is 0.306 e. The summed E-state index contributed by atoms with van der Waals surface area (Å²) in [4.78, 5) is 11.5. The molecule has 0 saturated carbocycles. The fourth-order valence-electron chi connectivity index (χ4n) is 1.86. The number of benzene rings is 1. The van der Waals surface area contributed by atoms with Crippen LogP contribution in [0.4, 0.5) is 0 Å². The lowest BCUT2D eigenvalue weighted by Gasteiger charge is -2.19. The van der Waals surface area contributed by atoms with Crippen molar-refractivity contribution in [3.63, 3.8) is 0 Å². The average Bonchev–Trinajstić information content (AvgIpc) is 2.44. The molecule has 0 unspecified atom stereocenters. The van der Waals surface area contributed by atoms with E-state index in [4.69, 9.17) is 28.6 Å². The van der Waals surface area contributed by atoms with Crippen LogP contribution in [0.15, 0.2) is 24.3 Å². The molecule has 0 heterocycles. The van der Waals surface area contributed by atoms with E-state index in [1.165, 1.54) is 5.56 Å². The number of carbonyl (C=O) groups excluding carboxylic acids is 1. The first-order valence-electron chi connectivity index (χ1n) is 7.74. The zero-order valence-corrected chi connectivity index (χ0v) is 15.5. The van der Waals surface area contributed by atoms with Crippen molar-refractivity contribution in [2.45, 2.75) is 45.6 Å². The van der Waals surface area contributed by atoms with Gasteiger partial charge in [-0.2, -0.15) is 0 Å². The second-order valence-electron chi connectivity index (χ2n) is 6.25. The topological polar surface area (TPSA) is 50.4 Å². The summed E-state index contributed by atoms with van der Waals surface area (Å²) in [7, 11) is 0. The third-order valence-corrected chi connectivity index (χ3v) is 3.42. The van der Waals surface area contributed by atoms with Gasteiger partial charge in [0.2, 0.25) is 0 Å². The third kappa shape index (κ3) is 10.1. The molecular weight excluding hydrogens is 332 g/mol. The van der Waals surface area contributed by atoms with Crippen LogP contribution >= 0.6 is 23.8 Å². The fraction of sp³-hybridized carbons (Fsp3) is 0.529. The monoisotopic (exact) mass is 356 g/mol. The number of thiocarbonyl (C=S) groups is 1. The molecule has 0 saturated heterocycles. The maximum Gasteiger partial charge on any atom is 0.306 e. The number of nitrogens with one attached hydrogen (secondary N) is 2. The number of hydrogen-bond acceptors (Lipinski definition) is 3. The van der Waals surface area contributed by atoms with Gasteiger partial charge in [0.15, 0.2) is 5.11 Å². The van der Waals surface area contributed by atoms with Crippen molar-refractivity contribution >= 4 is 34.9 Å². The molecule has 4 nitrogen and oxygen atoms in total. The Morgan fingerprint density at radius 2 is 1.78 bits per heavy atom. The number of esters is 1. The van der Waals surface area contributed by atoms with Gasteiger partial charge in [-0.05, 0) is 63.5 Å². The van der Waals surface area contributed by atoms with Crippen molar-refractivity contribution in [2.75, 3.05) is 13.1 Å². The number of rotatable bonds is 7. The molecule has 0 fully saturated rings. The van der Waals surface area contributed by atoms with Crippen LogP contribution in [0.1, 0.15) is 39.2 Å². The largest absolute Gasteiger partial charge is 0.460 e. The molecule has 2 N–H and O–H groups in total. The van der Waals surface area contributed by atoms with Crippen LogP contribution < -0.4 is 10.6 Å². The molecule has 23 heavy (non-hydrogen) atoms. The molecule has 0 aliphatic carbocycles. The van der Waals surface area contributed by atoms with Crippen LogP contribution in [0.2, 0.25) is 5.02 Å². The van der Waals surface area contributed by atoms with E-state index in [1.807, 2.05) is 45.0 Å². The van der Waals surface area contributed by atoms with Crippen molar-refractivity contribution in [3.8, 4) is 0 Å². The second kappa shape index (κ2) is 9.73. The summed E-state index contributed by atoms with van der Waals surface area (Å²) >= 11 is 11.0. The van der Waals surface area contributed by atoms with Gasteiger partial charge < -0.3 is 15.4 Å². The van der Waals surface area contributed by atoms with Gasteiger partial charge in [0.25, 0.3) is 0 Å². The molecule has 1 aromatic rings. The Morgan fingerprint density at radius 3 is 2.39 bits per heavy atom. The molecule has 1 rings (SSSR count). The van der Waals surface area contributed by atoms with Crippen molar-refractivity contribution in [1.29, 1.82) is 0 Å². The average molecular weight is 357 g/mol. The first-order valence-corrected chi connectivity index (χ1v) is 8.53. The maximum atomic E-state index is 11.5. The van der Waals surface area contributed by atoms with E-state index in [0.29, 0.717) is 24.5 Å². The normalized spacial score (nSPS) is 11.0. The van der Waals surface area contributed by atoms with Gasteiger partial charge in [0.05, 0.1) is 0 Å². The Kier molecular flexibility index (Phi) is 8.34. The first kappa shape index (κ1) is 19.7. The molecular formula is C17H25ClN2O2S. The lowest BCUT2D eigenvalue weighted by atomic mass is 10.1. The van der Waals surface area contributed by atoms with Gasteiger partial charge in [-0.25, -0.2) is 0 Å². The van der Waals surface area contributed by atoms with E-state index in [2.05, 4.69) is 10.6 Å². The molecule has 6 heteroatoms. The maximum absolute atomic E-state index is 11.5. The number of halogens is 1. The molecule has 0 bridgehead atoms. The van der Waals surface area contributed by atoms with Crippen LogP contribution in [-0.4, -0.2) is 29.8 Å². The molecule has 0 aromatic heterocycles. The van der Waals surface area contributed by atoms with Crippen LogP contribution in [0.5, 0.6) is 0 Å². The highest BCUT2D eigenvalue weighted by Gasteiger charge is 2.15. The summed E-state index contributed by atoms with van der Waals surface area (Å²) in [5.74, 6) is -0.180. The molecule has 0 amide bonds. The molecule has 0 radical (unpaired) electrons. The van der Waals surface area contributed by atoms with Gasteiger partial charge >= 0.3 is 5.97 Å². The standard InChI is InChI=1S/C17H25ClN2O2S/c1-17(2,3)22-15(21)5-4-11-19-16(23)20-12-10-13-6-8-14(18)9-7-13/h6-9H,4-5,10-12H2,1-3H3,(H2,19,20,23). The minimum atomic E-state index is -0.428. The van der Waals surface area contributed by atoms with E-state index in [9.17, 15) is 4.79 Å². The Morgan fingerprint density at radius 1 is 1.17 bits per heavy atom. The lowest BCUT2D eigenvalue weighted by molar-refractivity contribution is -0.154. The van der Waals surface area contributed by atoms with Crippen molar-refractivity contribution < 1.29 is 9.53 Å². The van der Waals surface area contributed by atoms with Crippen molar-refractivity contribution in [2.24, 2.45) is 0 Å². The van der Waals surface area contributed by atoms with Gasteiger partial charge in [0.1, 0.15) is 5.60 Å². The third-order valence-electron chi connectivity index (χ3n) is 2.88. The minimum absolute atomic E-state index is 0.180. The number of carbonyl (C=O) groups is 1. The molecule has 0 atom stereocenters. The van der Waals surface area contributed by atoms with Crippen LogP contribution in [-0.2, 0) is 16.0 Å². The molecule has 0 aliphatic heterocycles. The van der Waals surface area contributed by atoms with Gasteiger partial charge in [0, 0.05) is 24.5 Å². The van der Waals surface area contributed by atoms with Crippen LogP contribution in [0.3, 0.4) is 0 Å². The van der Waals surface area contributed by atoms with Gasteiger partial charge in [-0.1, -0.05) is 23.7 Å². The Labute approximate surface area is 148 Å². The van der Waals surface area contributed by atoms with E-state index in [1.54, 1.807) is 0 Å². The number of ether oxygens (including phenoxy) is 1. The van der Waals surface area contributed by atoms with E-state index < -0.39 is 5.60 Å². The van der Waals surface area contributed by atoms with Crippen molar-refractivity contribution in [1.82, 2.24) is 10.6 Å². The Hall–Kier alpha value is -1.33. The van der Waals surface area contributed by atoms with Gasteiger partial charge in [-0.15, -0.1) is 0 Å². The summed E-state index contributed by atoms with van der Waals surface area (Å²) in [5.41, 5.74) is 0.776. The summed E-state index contributed by atoms with van der Waals surface area (Å²) < 4.78 is 5.24. The summed E-state index contributed by atoms with van der Waals surface area (Å²) in [6.07, 6.45) is 1.95. The van der Waals surface area contributed by atoms with Gasteiger partial charge in [-0.3, -0.25) is 4.79 Å². The number of hydrogen-bond donors (Lipinski definition) is 2. The fourth-order valence-corrected chi connectivity index (χ4v) is 2.19. The highest BCUT2D eigenvalue weighted by molar-refractivity contribution is 7.80. The zero-order chi connectivity index (χ0) is 17.3. The summed E-state index contributed by atoms with van der Waals surface area (Å²) in [6, 6.07) is 7.76. The highest BCUT2D eigenvalue weighted by atomic mass is 35.5. The predicted octanol–water partition coefficient (Wildman–Crippen LogP) is 3.47. The zero-order valence-electron chi connectivity index (χ0n) is 13.9. The summed E-state index contributed by atoms with van der Waals surface area (Å²) in [5, 5.41) is 7.57. The first-order chi connectivity index (χ1) is 10.8. The molecule has 128 valence electrons. The van der Waals surface area contributed by atoms with E-state index >= 15 is 0 Å². The van der Waals surface area contributed by atoms with Crippen LogP contribution in [0, 0.1) is 0 Å². The van der Waals surface area contributed by atoms with Crippen molar-refractivity contribution in [3.05, 3.63) is 34.9 Å². The summed E-state index contributed by atoms with van der Waals surface area (Å²) in [6.45, 7) is 6.99. The SMILES string of the molecule is CC(C)(C)OC(=O)CCCNC(=S)NCCc1ccc(Cl)cc1. The molecule has 0 aliphatic rings. The minimum Gasteiger partial charge on any atom is -0.460 e. The van der Waals surface area contributed by atoms with E-state index in [0.717, 1.165) is 18.0 Å². The van der Waals surface area contributed by atoms with E-state index in [-0.39, 0.29) is 5.97 Å².